The van der Waals surface area contributed by atoms with Crippen LogP contribution in [0.5, 0.6) is 5.75 Å². The third kappa shape index (κ3) is 4.01. The van der Waals surface area contributed by atoms with E-state index in [1.165, 1.54) is 12.3 Å². The maximum Gasteiger partial charge on any atom is 0.419 e. The van der Waals surface area contributed by atoms with Crippen LogP contribution in [0.15, 0.2) is 42.6 Å². The lowest BCUT2D eigenvalue weighted by atomic mass is 10.1. The minimum Gasteiger partial charge on any atom is -0.480 e. The summed E-state index contributed by atoms with van der Waals surface area (Å²) in [5.74, 6) is 0.132. The number of carbonyl (C=O) groups is 1. The molecule has 0 fully saturated rings. The van der Waals surface area contributed by atoms with Crippen LogP contribution >= 0.6 is 0 Å². The molecule has 0 spiro atoms. The standard InChI is InChI=1S/C17H16F3N3O2/c18-17(19,20)12-5-3-7-21-15(12)22-8-9-23-16(24)14-10-11-4-1-2-6-13(11)25-14/h1-7,14H,8-10H2,(H,21,22)(H,23,24). The summed E-state index contributed by atoms with van der Waals surface area (Å²) in [4.78, 5) is 15.8. The van der Waals surface area contributed by atoms with Gasteiger partial charge in [0.25, 0.3) is 5.91 Å². The first-order chi connectivity index (χ1) is 11.9. The monoisotopic (exact) mass is 351 g/mol. The van der Waals surface area contributed by atoms with Crippen LogP contribution in [0.2, 0.25) is 0 Å². The SMILES string of the molecule is O=C(NCCNc1ncccc1C(F)(F)F)C1Cc2ccccc2O1. The largest absolute Gasteiger partial charge is 0.480 e. The molecule has 1 amide bonds. The Kier molecular flexibility index (Phi) is 4.78. The topological polar surface area (TPSA) is 63.2 Å². The molecule has 0 saturated heterocycles. The van der Waals surface area contributed by atoms with Gasteiger partial charge >= 0.3 is 6.18 Å². The Balaban J connectivity index is 1.48. The van der Waals surface area contributed by atoms with Gasteiger partial charge in [-0.2, -0.15) is 13.2 Å². The van der Waals surface area contributed by atoms with E-state index in [1.807, 2.05) is 18.2 Å². The molecule has 1 aliphatic rings. The number of nitrogens with one attached hydrogen (secondary N) is 2. The van der Waals surface area contributed by atoms with Crippen LogP contribution in [0.1, 0.15) is 11.1 Å². The first-order valence-electron chi connectivity index (χ1n) is 7.73. The van der Waals surface area contributed by atoms with Crippen LogP contribution in [0, 0.1) is 0 Å². The van der Waals surface area contributed by atoms with E-state index in [9.17, 15) is 18.0 Å². The number of ether oxygens (including phenoxy) is 1. The molecule has 5 nitrogen and oxygen atoms in total. The van der Waals surface area contributed by atoms with Crippen molar-refractivity contribution in [3.63, 3.8) is 0 Å². The van der Waals surface area contributed by atoms with Crippen molar-refractivity contribution in [2.75, 3.05) is 18.4 Å². The summed E-state index contributed by atoms with van der Waals surface area (Å²) in [6.07, 6.45) is -3.34. The molecule has 0 bridgehead atoms. The zero-order valence-corrected chi connectivity index (χ0v) is 13.1. The van der Waals surface area contributed by atoms with Gasteiger partial charge in [-0.1, -0.05) is 18.2 Å². The number of anilines is 1. The Bertz CT molecular complexity index is 740. The highest BCUT2D eigenvalue weighted by atomic mass is 19.4. The molecule has 2 heterocycles. The van der Waals surface area contributed by atoms with Crippen molar-refractivity contribution >= 4 is 11.7 Å². The Morgan fingerprint density at radius 1 is 1.20 bits per heavy atom. The van der Waals surface area contributed by atoms with Crippen molar-refractivity contribution in [2.45, 2.75) is 18.7 Å². The molecule has 0 aliphatic carbocycles. The molecule has 1 aliphatic heterocycles. The third-order valence-electron chi connectivity index (χ3n) is 3.77. The van der Waals surface area contributed by atoms with Gasteiger partial charge < -0.3 is 15.4 Å². The lowest BCUT2D eigenvalue weighted by molar-refractivity contribution is -0.137. The second-order valence-electron chi connectivity index (χ2n) is 5.53. The van der Waals surface area contributed by atoms with E-state index in [0.717, 1.165) is 11.6 Å². The molecule has 0 saturated carbocycles. The van der Waals surface area contributed by atoms with E-state index >= 15 is 0 Å². The maximum atomic E-state index is 12.9. The Morgan fingerprint density at radius 3 is 2.76 bits per heavy atom. The van der Waals surface area contributed by atoms with Gasteiger partial charge in [0.1, 0.15) is 11.6 Å². The molecule has 3 rings (SSSR count). The van der Waals surface area contributed by atoms with E-state index in [1.54, 1.807) is 6.07 Å². The number of aromatic nitrogens is 1. The molecule has 1 unspecified atom stereocenters. The maximum absolute atomic E-state index is 12.9. The van der Waals surface area contributed by atoms with E-state index in [-0.39, 0.29) is 24.8 Å². The molecule has 132 valence electrons. The lowest BCUT2D eigenvalue weighted by Gasteiger charge is -2.14. The number of benzene rings is 1. The number of para-hydroxylation sites is 1. The normalized spacial score (nSPS) is 16.0. The lowest BCUT2D eigenvalue weighted by Crippen LogP contribution is -2.39. The first kappa shape index (κ1) is 17.1. The average Bonchev–Trinajstić information content (AvgIpc) is 3.02. The number of hydrogen-bond donors (Lipinski definition) is 2. The first-order valence-corrected chi connectivity index (χ1v) is 7.73. The van der Waals surface area contributed by atoms with Crippen molar-refractivity contribution in [1.29, 1.82) is 0 Å². The molecule has 8 heteroatoms. The van der Waals surface area contributed by atoms with Crippen LogP contribution in [0.4, 0.5) is 19.0 Å². The van der Waals surface area contributed by atoms with Crippen LogP contribution in [-0.2, 0) is 17.4 Å². The summed E-state index contributed by atoms with van der Waals surface area (Å²) in [7, 11) is 0. The number of halogens is 3. The number of hydrogen-bond acceptors (Lipinski definition) is 4. The molecule has 1 aromatic heterocycles. The van der Waals surface area contributed by atoms with Crippen molar-refractivity contribution in [2.24, 2.45) is 0 Å². The summed E-state index contributed by atoms with van der Waals surface area (Å²) in [5, 5.41) is 5.25. The van der Waals surface area contributed by atoms with Crippen LogP contribution in [0.25, 0.3) is 0 Å². The van der Waals surface area contributed by atoms with Crippen molar-refractivity contribution in [3.05, 3.63) is 53.7 Å². The Morgan fingerprint density at radius 2 is 2.00 bits per heavy atom. The van der Waals surface area contributed by atoms with Crippen LogP contribution in [0.3, 0.4) is 0 Å². The predicted octanol–water partition coefficient (Wildman–Crippen LogP) is 2.63. The van der Waals surface area contributed by atoms with Gasteiger partial charge in [-0.05, 0) is 23.8 Å². The van der Waals surface area contributed by atoms with Crippen molar-refractivity contribution in [1.82, 2.24) is 10.3 Å². The van der Waals surface area contributed by atoms with Gasteiger partial charge in [-0.15, -0.1) is 0 Å². The van der Waals surface area contributed by atoms with Crippen LogP contribution in [-0.4, -0.2) is 30.1 Å². The Hall–Kier alpha value is -2.77. The van der Waals surface area contributed by atoms with Crippen molar-refractivity contribution < 1.29 is 22.7 Å². The minimum absolute atomic E-state index is 0.117. The fraction of sp³-hybridized carbons (Fsp3) is 0.294. The number of pyridine rings is 1. The molecular formula is C17H16F3N3O2. The molecule has 2 aromatic rings. The molecule has 0 radical (unpaired) electrons. The predicted molar refractivity (Wildman–Crippen MR) is 85.3 cm³/mol. The number of nitrogens with zero attached hydrogens (tertiary/aromatic N) is 1. The number of amides is 1. The van der Waals surface area contributed by atoms with Gasteiger partial charge in [-0.25, -0.2) is 4.98 Å². The third-order valence-corrected chi connectivity index (χ3v) is 3.77. The summed E-state index contributed by atoms with van der Waals surface area (Å²) < 4.78 is 44.1. The minimum atomic E-state index is -4.48. The van der Waals surface area contributed by atoms with Gasteiger partial charge in [0, 0.05) is 25.7 Å². The summed E-state index contributed by atoms with van der Waals surface area (Å²) in [5.41, 5.74) is 0.125. The summed E-state index contributed by atoms with van der Waals surface area (Å²) in [6, 6.07) is 9.57. The fourth-order valence-electron chi connectivity index (χ4n) is 2.58. The highest BCUT2D eigenvalue weighted by Gasteiger charge is 2.34. The van der Waals surface area contributed by atoms with Crippen molar-refractivity contribution in [3.8, 4) is 5.75 Å². The fourth-order valence-corrected chi connectivity index (χ4v) is 2.58. The van der Waals surface area contributed by atoms with E-state index in [0.29, 0.717) is 12.2 Å². The quantitative estimate of drug-likeness (QED) is 0.813. The summed E-state index contributed by atoms with van der Waals surface area (Å²) in [6.45, 7) is 0.272. The number of fused-ring (bicyclic) bond motifs is 1. The van der Waals surface area contributed by atoms with E-state index in [4.69, 9.17) is 4.74 Å². The molecule has 1 atom stereocenters. The van der Waals surface area contributed by atoms with Crippen LogP contribution < -0.4 is 15.4 Å². The molecule has 1 aromatic carbocycles. The second-order valence-corrected chi connectivity index (χ2v) is 5.53. The number of alkyl halides is 3. The Labute approximate surface area is 142 Å². The van der Waals surface area contributed by atoms with Gasteiger partial charge in [-0.3, -0.25) is 4.79 Å². The van der Waals surface area contributed by atoms with Gasteiger partial charge in [0.05, 0.1) is 5.56 Å². The highest BCUT2D eigenvalue weighted by Crippen LogP contribution is 2.33. The number of rotatable bonds is 5. The molecular weight excluding hydrogens is 335 g/mol. The zero-order chi connectivity index (χ0) is 17.9. The van der Waals surface area contributed by atoms with E-state index < -0.39 is 17.8 Å². The highest BCUT2D eigenvalue weighted by molar-refractivity contribution is 5.82. The number of carbonyl (C=O) groups excluding carboxylic acids is 1. The smallest absolute Gasteiger partial charge is 0.419 e. The zero-order valence-electron chi connectivity index (χ0n) is 13.1. The van der Waals surface area contributed by atoms with E-state index in [2.05, 4.69) is 15.6 Å². The molecule has 25 heavy (non-hydrogen) atoms. The molecule has 2 N–H and O–H groups in total. The van der Waals surface area contributed by atoms with Gasteiger partial charge in [0.2, 0.25) is 0 Å². The second kappa shape index (κ2) is 7.00. The average molecular weight is 351 g/mol. The van der Waals surface area contributed by atoms with Gasteiger partial charge in [0.15, 0.2) is 6.10 Å². The summed E-state index contributed by atoms with van der Waals surface area (Å²) >= 11 is 0.